The zero-order valence-corrected chi connectivity index (χ0v) is 25.8. The Balaban J connectivity index is 1.72. The monoisotopic (exact) mass is 715 g/mol. The quantitative estimate of drug-likeness (QED) is 0.277. The van der Waals surface area contributed by atoms with E-state index in [1.54, 1.807) is 31.8 Å². The van der Waals surface area contributed by atoms with Gasteiger partial charge in [-0.05, 0) is 77.6 Å². The highest BCUT2D eigenvalue weighted by Gasteiger charge is 2.32. The maximum atomic E-state index is 14.0. The number of aromatic nitrogens is 1. The van der Waals surface area contributed by atoms with E-state index < -0.39 is 6.04 Å². The van der Waals surface area contributed by atoms with Crippen molar-refractivity contribution in [2.75, 3.05) is 19.5 Å². The fourth-order valence-corrected chi connectivity index (χ4v) is 7.31. The van der Waals surface area contributed by atoms with Crippen molar-refractivity contribution in [1.82, 2.24) is 4.57 Å². The number of nitrogens with zero attached hydrogens (tertiary/aromatic N) is 2. The third-order valence-corrected chi connectivity index (χ3v) is 8.48. The summed E-state index contributed by atoms with van der Waals surface area (Å²) in [6, 6.07) is 19.8. The molecule has 3 aromatic carbocycles. The molecule has 2 heterocycles. The van der Waals surface area contributed by atoms with E-state index in [-0.39, 0.29) is 11.5 Å². The van der Waals surface area contributed by atoms with Crippen LogP contribution in [0.3, 0.4) is 0 Å². The van der Waals surface area contributed by atoms with E-state index in [0.717, 1.165) is 19.2 Å². The van der Waals surface area contributed by atoms with Gasteiger partial charge in [0.1, 0.15) is 11.5 Å². The Hall–Kier alpha value is -3.22. The molecule has 0 aliphatic carbocycles. The minimum Gasteiger partial charge on any atom is -0.497 e. The molecule has 1 aliphatic heterocycles. The molecule has 0 spiro atoms. The van der Waals surface area contributed by atoms with E-state index in [1.807, 2.05) is 66.7 Å². The van der Waals surface area contributed by atoms with Crippen LogP contribution in [0.4, 0.5) is 5.69 Å². The number of benzene rings is 3. The number of halogens is 2. The minimum absolute atomic E-state index is 0.249. The summed E-state index contributed by atoms with van der Waals surface area (Å²) in [6.07, 6.45) is 1.81. The van der Waals surface area contributed by atoms with Crippen LogP contribution >= 0.6 is 49.9 Å². The van der Waals surface area contributed by atoms with Crippen LogP contribution in [0, 0.1) is 3.57 Å². The van der Waals surface area contributed by atoms with E-state index in [4.69, 9.17) is 14.5 Å². The van der Waals surface area contributed by atoms with Crippen LogP contribution < -0.4 is 29.7 Å². The van der Waals surface area contributed by atoms with Crippen molar-refractivity contribution in [1.29, 1.82) is 0 Å². The van der Waals surface area contributed by atoms with Gasteiger partial charge in [-0.2, -0.15) is 0 Å². The topological polar surface area (TPSA) is 81.9 Å². The molecule has 0 radical (unpaired) electrons. The number of anilines is 1. The molecular weight excluding hydrogens is 693 g/mol. The molecule has 39 heavy (non-hydrogen) atoms. The van der Waals surface area contributed by atoms with Crippen molar-refractivity contribution in [3.63, 3.8) is 0 Å². The van der Waals surface area contributed by atoms with Gasteiger partial charge < -0.3 is 14.8 Å². The molecule has 1 atom stereocenters. The molecule has 0 saturated heterocycles. The number of para-hydroxylation sites is 1. The number of allylic oxidation sites excluding steroid dienone is 1. The standard InChI is InChI=1S/C29H23BrIN3O4S/c1-16-24(27(35)33-20-9-5-4-6-10-20)25(17-8-7-11-21(13-17)37-2)34-28(36)23(39-29(34)32-16)14-18-12-19(30)15-22(31)26(18)38-3/h4-15,25H,1-3H3,(H,33,35)/b23-14-/t25-/m1/s1. The molecule has 5 rings (SSSR count). The lowest BCUT2D eigenvalue weighted by Gasteiger charge is -2.25. The second kappa shape index (κ2) is 11.5. The number of ether oxygens (including phenoxy) is 2. The van der Waals surface area contributed by atoms with Gasteiger partial charge in [-0.25, -0.2) is 4.99 Å². The predicted molar refractivity (Wildman–Crippen MR) is 165 cm³/mol. The molecule has 1 aliphatic rings. The van der Waals surface area contributed by atoms with Crippen LogP contribution in [-0.2, 0) is 4.79 Å². The normalized spacial score (nSPS) is 15.0. The molecule has 1 N–H and O–H groups in total. The summed E-state index contributed by atoms with van der Waals surface area (Å²) in [7, 11) is 3.19. The summed E-state index contributed by atoms with van der Waals surface area (Å²) in [5, 5.41) is 2.96. The third kappa shape index (κ3) is 5.45. The summed E-state index contributed by atoms with van der Waals surface area (Å²) in [6.45, 7) is 1.80. The Morgan fingerprint density at radius 3 is 2.59 bits per heavy atom. The summed E-state index contributed by atoms with van der Waals surface area (Å²) < 4.78 is 14.9. The molecule has 7 nitrogen and oxygen atoms in total. The average molecular weight is 716 g/mol. The van der Waals surface area contributed by atoms with Gasteiger partial charge >= 0.3 is 0 Å². The molecule has 198 valence electrons. The summed E-state index contributed by atoms with van der Waals surface area (Å²) >= 11 is 7.01. The van der Waals surface area contributed by atoms with Gasteiger partial charge in [0.05, 0.1) is 39.6 Å². The molecule has 4 aromatic rings. The number of hydrogen-bond acceptors (Lipinski definition) is 6. The number of fused-ring (bicyclic) bond motifs is 1. The number of nitrogens with one attached hydrogen (secondary N) is 1. The van der Waals surface area contributed by atoms with Gasteiger partial charge in [0, 0.05) is 15.7 Å². The molecule has 1 aromatic heterocycles. The van der Waals surface area contributed by atoms with Crippen molar-refractivity contribution in [2.24, 2.45) is 4.99 Å². The van der Waals surface area contributed by atoms with E-state index >= 15 is 0 Å². The third-order valence-electron chi connectivity index (χ3n) is 6.24. The maximum absolute atomic E-state index is 14.0. The molecule has 10 heteroatoms. The van der Waals surface area contributed by atoms with E-state index in [9.17, 15) is 9.59 Å². The van der Waals surface area contributed by atoms with Crippen molar-refractivity contribution < 1.29 is 14.3 Å². The highest BCUT2D eigenvalue weighted by molar-refractivity contribution is 14.1. The highest BCUT2D eigenvalue weighted by atomic mass is 127. The van der Waals surface area contributed by atoms with Gasteiger partial charge in [-0.3, -0.25) is 14.2 Å². The Kier molecular flexibility index (Phi) is 8.06. The predicted octanol–water partition coefficient (Wildman–Crippen LogP) is 5.26. The zero-order chi connectivity index (χ0) is 27.7. The summed E-state index contributed by atoms with van der Waals surface area (Å²) in [4.78, 5) is 32.9. The first-order chi connectivity index (χ1) is 18.8. The van der Waals surface area contributed by atoms with Crippen LogP contribution in [0.2, 0.25) is 0 Å². The van der Waals surface area contributed by atoms with Gasteiger partial charge in [-0.1, -0.05) is 57.6 Å². The van der Waals surface area contributed by atoms with Crippen LogP contribution in [-0.4, -0.2) is 24.7 Å². The van der Waals surface area contributed by atoms with E-state index in [0.29, 0.717) is 37.8 Å². The van der Waals surface area contributed by atoms with E-state index in [2.05, 4.69) is 43.8 Å². The Morgan fingerprint density at radius 1 is 1.10 bits per heavy atom. The molecule has 1 amide bonds. The molecule has 0 fully saturated rings. The number of thiazole rings is 1. The van der Waals surface area contributed by atoms with Crippen LogP contribution in [0.15, 0.2) is 92.3 Å². The first-order valence-electron chi connectivity index (χ1n) is 11.9. The van der Waals surface area contributed by atoms with E-state index in [1.165, 1.54) is 11.3 Å². The second-order valence-electron chi connectivity index (χ2n) is 8.69. The first-order valence-corrected chi connectivity index (χ1v) is 14.6. The lowest BCUT2D eigenvalue weighted by molar-refractivity contribution is -0.113. The highest BCUT2D eigenvalue weighted by Crippen LogP contribution is 2.33. The summed E-state index contributed by atoms with van der Waals surface area (Å²) in [5.74, 6) is 0.974. The Labute approximate surface area is 250 Å². The average Bonchev–Trinajstić information content (AvgIpc) is 3.22. The van der Waals surface area contributed by atoms with Gasteiger partial charge in [0.25, 0.3) is 11.5 Å². The van der Waals surface area contributed by atoms with Crippen molar-refractivity contribution in [3.05, 3.63) is 117 Å². The van der Waals surface area contributed by atoms with Gasteiger partial charge in [0.15, 0.2) is 4.80 Å². The van der Waals surface area contributed by atoms with Crippen LogP contribution in [0.25, 0.3) is 6.08 Å². The smallest absolute Gasteiger partial charge is 0.271 e. The van der Waals surface area contributed by atoms with Crippen molar-refractivity contribution in [2.45, 2.75) is 13.0 Å². The van der Waals surface area contributed by atoms with Crippen LogP contribution in [0.1, 0.15) is 24.1 Å². The molecule has 0 unspecified atom stereocenters. The summed E-state index contributed by atoms with van der Waals surface area (Å²) in [5.41, 5.74) is 2.84. The fourth-order valence-electron chi connectivity index (χ4n) is 4.50. The lowest BCUT2D eigenvalue weighted by atomic mass is 9.95. The molecule has 0 saturated carbocycles. The number of carbonyl (C=O) groups is 1. The number of rotatable bonds is 6. The minimum atomic E-state index is -0.702. The Morgan fingerprint density at radius 2 is 1.87 bits per heavy atom. The number of carbonyl (C=O) groups excluding carboxylic acids is 1. The molecule has 0 bridgehead atoms. The molecular formula is C29H23BrIN3O4S. The fraction of sp³-hybridized carbons (Fsp3) is 0.138. The van der Waals surface area contributed by atoms with Gasteiger partial charge in [-0.15, -0.1) is 0 Å². The largest absolute Gasteiger partial charge is 0.497 e. The van der Waals surface area contributed by atoms with Crippen LogP contribution in [0.5, 0.6) is 11.5 Å². The Bertz CT molecular complexity index is 1800. The first kappa shape index (κ1) is 27.4. The second-order valence-corrected chi connectivity index (χ2v) is 11.8. The number of amides is 1. The lowest BCUT2D eigenvalue weighted by Crippen LogP contribution is -2.40. The SMILES string of the molecule is COc1cccc([C@@H]2C(C(=O)Nc3ccccc3)=C(C)N=c3s/c(=C\c4cc(Br)cc(I)c4OC)c(=O)n32)c1. The maximum Gasteiger partial charge on any atom is 0.271 e. The van der Waals surface area contributed by atoms with Crippen molar-refractivity contribution in [3.8, 4) is 11.5 Å². The number of methoxy groups -OCH3 is 2. The zero-order valence-electron chi connectivity index (χ0n) is 21.2. The van der Waals surface area contributed by atoms with Gasteiger partial charge in [0.2, 0.25) is 0 Å². The van der Waals surface area contributed by atoms with Crippen molar-refractivity contribution >= 4 is 67.5 Å². The number of hydrogen-bond donors (Lipinski definition) is 1.